The molecule has 0 saturated heterocycles. The van der Waals surface area contributed by atoms with E-state index in [-0.39, 0.29) is 29.1 Å². The lowest BCUT2D eigenvalue weighted by atomic mass is 9.91. The molecule has 1 unspecified atom stereocenters. The summed E-state index contributed by atoms with van der Waals surface area (Å²) >= 11 is 3.07. The smallest absolute Gasteiger partial charge is 0.305 e. The van der Waals surface area contributed by atoms with Crippen molar-refractivity contribution in [3.8, 4) is 0 Å². The predicted molar refractivity (Wildman–Crippen MR) is 69.5 cm³/mol. The van der Waals surface area contributed by atoms with Crippen molar-refractivity contribution < 1.29 is 19.0 Å². The normalized spacial score (nSPS) is 14.1. The highest BCUT2D eigenvalue weighted by Gasteiger charge is 2.25. The van der Waals surface area contributed by atoms with Crippen LogP contribution in [-0.4, -0.2) is 17.7 Å². The van der Waals surface area contributed by atoms with Gasteiger partial charge in [0.15, 0.2) is 0 Å². The summed E-state index contributed by atoms with van der Waals surface area (Å²) < 4.78 is 18.2. The van der Waals surface area contributed by atoms with Crippen molar-refractivity contribution in [1.82, 2.24) is 0 Å². The van der Waals surface area contributed by atoms with Gasteiger partial charge < -0.3 is 9.84 Å². The SMILES string of the molecule is CCOC(=O)CCC(C)(O)c1ccc(F)c(Br)c1. The number of hydrogen-bond acceptors (Lipinski definition) is 3. The molecule has 0 aliphatic carbocycles. The Morgan fingerprint density at radius 1 is 1.56 bits per heavy atom. The fourth-order valence-corrected chi connectivity index (χ4v) is 1.93. The molecule has 1 N–H and O–H groups in total. The van der Waals surface area contributed by atoms with Crippen LogP contribution in [0.25, 0.3) is 0 Å². The van der Waals surface area contributed by atoms with Crippen LogP contribution in [-0.2, 0) is 15.1 Å². The quantitative estimate of drug-likeness (QED) is 0.848. The Labute approximate surface area is 114 Å². The van der Waals surface area contributed by atoms with Crippen LogP contribution in [0.2, 0.25) is 0 Å². The van der Waals surface area contributed by atoms with E-state index in [1.54, 1.807) is 13.8 Å². The maximum absolute atomic E-state index is 13.1. The number of esters is 1. The molecule has 5 heteroatoms. The van der Waals surface area contributed by atoms with Crippen molar-refractivity contribution in [2.45, 2.75) is 32.3 Å². The molecule has 0 heterocycles. The average molecular weight is 319 g/mol. The second-order valence-electron chi connectivity index (χ2n) is 4.21. The maximum atomic E-state index is 13.1. The van der Waals surface area contributed by atoms with Crippen LogP contribution in [0, 0.1) is 5.82 Å². The van der Waals surface area contributed by atoms with Gasteiger partial charge in [-0.15, -0.1) is 0 Å². The highest BCUT2D eigenvalue weighted by Crippen LogP contribution is 2.29. The molecule has 0 saturated carbocycles. The Morgan fingerprint density at radius 3 is 2.78 bits per heavy atom. The first-order chi connectivity index (χ1) is 8.36. The van der Waals surface area contributed by atoms with Gasteiger partial charge >= 0.3 is 5.97 Å². The van der Waals surface area contributed by atoms with Crippen molar-refractivity contribution in [2.75, 3.05) is 6.61 Å². The second-order valence-corrected chi connectivity index (χ2v) is 5.06. The molecule has 1 aromatic rings. The first-order valence-corrected chi connectivity index (χ1v) is 6.49. The van der Waals surface area contributed by atoms with Crippen molar-refractivity contribution in [3.05, 3.63) is 34.1 Å². The zero-order valence-corrected chi connectivity index (χ0v) is 12.0. The van der Waals surface area contributed by atoms with Gasteiger partial charge in [0.1, 0.15) is 5.82 Å². The maximum Gasteiger partial charge on any atom is 0.305 e. The number of halogens is 2. The molecule has 100 valence electrons. The fourth-order valence-electron chi connectivity index (χ4n) is 1.55. The lowest BCUT2D eigenvalue weighted by Crippen LogP contribution is -2.23. The Hall–Kier alpha value is -0.940. The number of rotatable bonds is 5. The molecular weight excluding hydrogens is 303 g/mol. The van der Waals surface area contributed by atoms with Gasteiger partial charge in [-0.25, -0.2) is 4.39 Å². The molecule has 3 nitrogen and oxygen atoms in total. The summed E-state index contributed by atoms with van der Waals surface area (Å²) in [6.07, 6.45) is 0.347. The number of carbonyl (C=O) groups is 1. The third kappa shape index (κ3) is 4.07. The third-order valence-corrected chi connectivity index (χ3v) is 3.27. The highest BCUT2D eigenvalue weighted by atomic mass is 79.9. The van der Waals surface area contributed by atoms with Gasteiger partial charge in [0.05, 0.1) is 16.7 Å². The van der Waals surface area contributed by atoms with Crippen molar-refractivity contribution in [1.29, 1.82) is 0 Å². The second kappa shape index (κ2) is 6.29. The summed E-state index contributed by atoms with van der Waals surface area (Å²) in [5.74, 6) is -0.737. The predicted octanol–water partition coefficient (Wildman–Crippen LogP) is 3.14. The van der Waals surface area contributed by atoms with E-state index >= 15 is 0 Å². The number of aliphatic hydroxyl groups is 1. The minimum atomic E-state index is -1.19. The lowest BCUT2D eigenvalue weighted by molar-refractivity contribution is -0.144. The molecule has 0 aromatic heterocycles. The van der Waals surface area contributed by atoms with Gasteiger partial charge in [-0.3, -0.25) is 4.79 Å². The molecule has 0 bridgehead atoms. The Balaban J connectivity index is 2.73. The minimum absolute atomic E-state index is 0.121. The van der Waals surface area contributed by atoms with E-state index in [1.807, 2.05) is 0 Å². The Morgan fingerprint density at radius 2 is 2.22 bits per heavy atom. The van der Waals surface area contributed by atoms with Crippen LogP contribution in [0.5, 0.6) is 0 Å². The van der Waals surface area contributed by atoms with Gasteiger partial charge in [0, 0.05) is 6.42 Å². The molecule has 0 amide bonds. The van der Waals surface area contributed by atoms with Crippen molar-refractivity contribution >= 4 is 21.9 Å². The van der Waals surface area contributed by atoms with Crippen LogP contribution >= 0.6 is 15.9 Å². The summed E-state index contributed by atoms with van der Waals surface area (Å²) in [4.78, 5) is 11.2. The molecule has 0 aliphatic rings. The van der Waals surface area contributed by atoms with Gasteiger partial charge in [-0.2, -0.15) is 0 Å². The molecule has 1 aromatic carbocycles. The number of hydrogen-bond donors (Lipinski definition) is 1. The van der Waals surface area contributed by atoms with E-state index in [0.717, 1.165) is 0 Å². The van der Waals surface area contributed by atoms with E-state index in [2.05, 4.69) is 15.9 Å². The van der Waals surface area contributed by atoms with Crippen LogP contribution in [0.3, 0.4) is 0 Å². The van der Waals surface area contributed by atoms with E-state index in [0.29, 0.717) is 12.2 Å². The Bertz CT molecular complexity index is 432. The largest absolute Gasteiger partial charge is 0.466 e. The fraction of sp³-hybridized carbons (Fsp3) is 0.462. The summed E-state index contributed by atoms with van der Waals surface area (Å²) in [6, 6.07) is 4.30. The van der Waals surface area contributed by atoms with Crippen LogP contribution in [0.15, 0.2) is 22.7 Å². The molecular formula is C13H16BrFO3. The van der Waals surface area contributed by atoms with Gasteiger partial charge in [-0.05, 0) is 53.9 Å². The summed E-state index contributed by atoms with van der Waals surface area (Å²) in [6.45, 7) is 3.64. The minimum Gasteiger partial charge on any atom is -0.466 e. The molecule has 0 radical (unpaired) electrons. The summed E-state index contributed by atoms with van der Waals surface area (Å²) in [7, 11) is 0. The lowest BCUT2D eigenvalue weighted by Gasteiger charge is -2.23. The summed E-state index contributed by atoms with van der Waals surface area (Å²) in [5.41, 5.74) is -0.636. The molecule has 18 heavy (non-hydrogen) atoms. The first-order valence-electron chi connectivity index (χ1n) is 5.70. The zero-order chi connectivity index (χ0) is 13.8. The number of carbonyl (C=O) groups excluding carboxylic acids is 1. The monoisotopic (exact) mass is 318 g/mol. The molecule has 1 rings (SSSR count). The van der Waals surface area contributed by atoms with E-state index in [1.165, 1.54) is 18.2 Å². The summed E-state index contributed by atoms with van der Waals surface area (Å²) in [5, 5.41) is 10.3. The van der Waals surface area contributed by atoms with Crippen LogP contribution in [0.1, 0.15) is 32.3 Å². The van der Waals surface area contributed by atoms with Crippen LogP contribution < -0.4 is 0 Å². The van der Waals surface area contributed by atoms with E-state index < -0.39 is 5.60 Å². The van der Waals surface area contributed by atoms with Crippen molar-refractivity contribution in [2.24, 2.45) is 0 Å². The van der Waals surface area contributed by atoms with Crippen LogP contribution in [0.4, 0.5) is 4.39 Å². The van der Waals surface area contributed by atoms with Gasteiger partial charge in [-0.1, -0.05) is 6.07 Å². The average Bonchev–Trinajstić information content (AvgIpc) is 2.30. The highest BCUT2D eigenvalue weighted by molar-refractivity contribution is 9.10. The van der Waals surface area contributed by atoms with Crippen molar-refractivity contribution in [3.63, 3.8) is 0 Å². The molecule has 0 fully saturated rings. The molecule has 0 aliphatic heterocycles. The third-order valence-electron chi connectivity index (χ3n) is 2.66. The van der Waals surface area contributed by atoms with Gasteiger partial charge in [0.25, 0.3) is 0 Å². The topological polar surface area (TPSA) is 46.5 Å². The molecule has 0 spiro atoms. The standard InChI is InChI=1S/C13H16BrFO3/c1-3-18-12(16)6-7-13(2,17)9-4-5-11(15)10(14)8-9/h4-5,8,17H,3,6-7H2,1-2H3. The number of ether oxygens (including phenoxy) is 1. The van der Waals surface area contributed by atoms with E-state index in [9.17, 15) is 14.3 Å². The van der Waals surface area contributed by atoms with Gasteiger partial charge in [0.2, 0.25) is 0 Å². The number of benzene rings is 1. The Kier molecular flexibility index (Phi) is 5.28. The zero-order valence-electron chi connectivity index (χ0n) is 10.4. The first kappa shape index (κ1) is 15.1. The van der Waals surface area contributed by atoms with E-state index in [4.69, 9.17) is 4.74 Å². The molecule has 1 atom stereocenters.